The first kappa shape index (κ1) is 14.4. The van der Waals surface area contributed by atoms with Gasteiger partial charge in [-0.15, -0.1) is 5.10 Å². The number of aliphatic hydroxyl groups is 1. The van der Waals surface area contributed by atoms with E-state index in [9.17, 15) is 9.90 Å². The van der Waals surface area contributed by atoms with Gasteiger partial charge in [0.05, 0.1) is 18.8 Å². The van der Waals surface area contributed by atoms with Crippen LogP contribution in [-0.2, 0) is 4.74 Å². The Morgan fingerprint density at radius 1 is 1.57 bits per heavy atom. The average Bonchev–Trinajstić information content (AvgIpc) is 3.16. The second-order valence-corrected chi connectivity index (χ2v) is 5.77. The number of nitrogens with zero attached hydrogens (tertiary/aromatic N) is 3. The maximum Gasteiger partial charge on any atom is 0.273 e. The van der Waals surface area contributed by atoms with Crippen LogP contribution in [-0.4, -0.2) is 64.5 Å². The lowest BCUT2D eigenvalue weighted by atomic mass is 10.0. The van der Waals surface area contributed by atoms with Gasteiger partial charge >= 0.3 is 0 Å². The van der Waals surface area contributed by atoms with Gasteiger partial charge in [-0.25, -0.2) is 4.68 Å². The molecule has 1 aromatic heterocycles. The van der Waals surface area contributed by atoms with Gasteiger partial charge < -0.3 is 20.5 Å². The van der Waals surface area contributed by atoms with Crippen LogP contribution in [0.2, 0.25) is 0 Å². The van der Waals surface area contributed by atoms with Crippen LogP contribution in [0.4, 0.5) is 0 Å². The van der Waals surface area contributed by atoms with E-state index >= 15 is 0 Å². The van der Waals surface area contributed by atoms with Crippen molar-refractivity contribution < 1.29 is 14.6 Å². The first-order chi connectivity index (χ1) is 10.2. The number of carbonyl (C=O) groups excluding carboxylic acids is 1. The van der Waals surface area contributed by atoms with Crippen LogP contribution < -0.4 is 10.6 Å². The van der Waals surface area contributed by atoms with Crippen LogP contribution in [0.5, 0.6) is 0 Å². The highest BCUT2D eigenvalue weighted by molar-refractivity contribution is 5.91. The van der Waals surface area contributed by atoms with E-state index in [1.165, 1.54) is 0 Å². The Hall–Kier alpha value is -1.51. The molecule has 2 fully saturated rings. The van der Waals surface area contributed by atoms with Crippen LogP contribution in [0.3, 0.4) is 0 Å². The lowest BCUT2D eigenvalue weighted by Gasteiger charge is -2.22. The molecule has 0 aliphatic carbocycles. The summed E-state index contributed by atoms with van der Waals surface area (Å²) in [6.45, 7) is 2.87. The molecule has 1 atom stereocenters. The van der Waals surface area contributed by atoms with Crippen molar-refractivity contribution in [2.24, 2.45) is 0 Å². The number of piperidine rings is 1. The Kier molecular flexibility index (Phi) is 4.18. The van der Waals surface area contributed by atoms with Gasteiger partial charge in [0.2, 0.25) is 0 Å². The van der Waals surface area contributed by atoms with E-state index < -0.39 is 5.60 Å². The van der Waals surface area contributed by atoms with Gasteiger partial charge in [-0.05, 0) is 25.9 Å². The van der Waals surface area contributed by atoms with Crippen molar-refractivity contribution in [1.82, 2.24) is 25.6 Å². The molecule has 1 amide bonds. The standard InChI is InChI=1S/C13H21N5O3/c19-12(15-8-13(20)3-6-21-9-13)11-7-18(17-16-11)10-1-4-14-5-2-10/h7,10,14,20H,1-6,8-9H2,(H,15,19). The minimum atomic E-state index is -0.958. The normalized spacial score (nSPS) is 26.9. The van der Waals surface area contributed by atoms with Crippen molar-refractivity contribution in [3.8, 4) is 0 Å². The summed E-state index contributed by atoms with van der Waals surface area (Å²) in [5.74, 6) is -0.310. The molecule has 0 radical (unpaired) electrons. The number of amides is 1. The molecule has 0 saturated carbocycles. The van der Waals surface area contributed by atoms with E-state index in [1.54, 1.807) is 10.9 Å². The molecular weight excluding hydrogens is 274 g/mol. The van der Waals surface area contributed by atoms with E-state index in [4.69, 9.17) is 4.74 Å². The second-order valence-electron chi connectivity index (χ2n) is 5.77. The fraction of sp³-hybridized carbons (Fsp3) is 0.769. The van der Waals surface area contributed by atoms with Gasteiger partial charge in [0.1, 0.15) is 5.60 Å². The molecule has 3 N–H and O–H groups in total. The van der Waals surface area contributed by atoms with Gasteiger partial charge in [-0.3, -0.25) is 4.79 Å². The van der Waals surface area contributed by atoms with Gasteiger partial charge in [0.15, 0.2) is 5.69 Å². The third kappa shape index (κ3) is 3.39. The Labute approximate surface area is 122 Å². The number of ether oxygens (including phenoxy) is 1. The van der Waals surface area contributed by atoms with Crippen LogP contribution in [0.25, 0.3) is 0 Å². The number of aromatic nitrogens is 3. The molecule has 8 heteroatoms. The van der Waals surface area contributed by atoms with Crippen LogP contribution in [0.15, 0.2) is 6.20 Å². The maximum absolute atomic E-state index is 12.0. The summed E-state index contributed by atoms with van der Waals surface area (Å²) in [6.07, 6.45) is 4.19. The Bertz CT molecular complexity index is 492. The average molecular weight is 295 g/mol. The van der Waals surface area contributed by atoms with Crippen molar-refractivity contribution in [1.29, 1.82) is 0 Å². The highest BCUT2D eigenvalue weighted by Crippen LogP contribution is 2.18. The molecule has 2 aliphatic rings. The number of nitrogens with one attached hydrogen (secondary N) is 2. The summed E-state index contributed by atoms with van der Waals surface area (Å²) in [5.41, 5.74) is -0.670. The zero-order valence-electron chi connectivity index (χ0n) is 11.9. The summed E-state index contributed by atoms with van der Waals surface area (Å²) in [7, 11) is 0. The predicted molar refractivity (Wildman–Crippen MR) is 73.9 cm³/mol. The number of carbonyl (C=O) groups is 1. The van der Waals surface area contributed by atoms with Gasteiger partial charge in [0, 0.05) is 19.6 Å². The molecule has 2 aliphatic heterocycles. The van der Waals surface area contributed by atoms with Gasteiger partial charge in [-0.1, -0.05) is 5.21 Å². The molecular formula is C13H21N5O3. The minimum absolute atomic E-state index is 0.173. The van der Waals surface area contributed by atoms with Crippen molar-refractivity contribution >= 4 is 5.91 Å². The van der Waals surface area contributed by atoms with Crippen LogP contribution in [0.1, 0.15) is 35.8 Å². The molecule has 0 bridgehead atoms. The third-order valence-corrected chi connectivity index (χ3v) is 4.09. The van der Waals surface area contributed by atoms with Crippen molar-refractivity contribution in [3.63, 3.8) is 0 Å². The molecule has 1 unspecified atom stereocenters. The van der Waals surface area contributed by atoms with Crippen molar-refractivity contribution in [3.05, 3.63) is 11.9 Å². The minimum Gasteiger partial charge on any atom is -0.386 e. The summed E-state index contributed by atoms with van der Waals surface area (Å²) in [6, 6.07) is 0.299. The van der Waals surface area contributed by atoms with E-state index in [2.05, 4.69) is 20.9 Å². The molecule has 21 heavy (non-hydrogen) atoms. The second kappa shape index (κ2) is 6.08. The van der Waals surface area contributed by atoms with E-state index in [-0.39, 0.29) is 24.8 Å². The van der Waals surface area contributed by atoms with Crippen molar-refractivity contribution in [2.45, 2.75) is 30.9 Å². The largest absolute Gasteiger partial charge is 0.386 e. The molecule has 1 aromatic rings. The first-order valence-corrected chi connectivity index (χ1v) is 7.37. The monoisotopic (exact) mass is 295 g/mol. The maximum atomic E-state index is 12.0. The van der Waals surface area contributed by atoms with E-state index in [0.29, 0.717) is 19.1 Å². The fourth-order valence-corrected chi connectivity index (χ4v) is 2.70. The lowest BCUT2D eigenvalue weighted by Crippen LogP contribution is -2.43. The molecule has 3 rings (SSSR count). The van der Waals surface area contributed by atoms with E-state index in [0.717, 1.165) is 25.9 Å². The van der Waals surface area contributed by atoms with Crippen molar-refractivity contribution in [2.75, 3.05) is 32.8 Å². The number of rotatable bonds is 4. The highest BCUT2D eigenvalue weighted by atomic mass is 16.5. The first-order valence-electron chi connectivity index (χ1n) is 7.37. The zero-order chi connectivity index (χ0) is 14.7. The Morgan fingerprint density at radius 3 is 3.10 bits per heavy atom. The van der Waals surface area contributed by atoms with Crippen LogP contribution >= 0.6 is 0 Å². The highest BCUT2D eigenvalue weighted by Gasteiger charge is 2.32. The molecule has 0 spiro atoms. The molecule has 2 saturated heterocycles. The summed E-state index contributed by atoms with van der Waals surface area (Å²) >= 11 is 0. The molecule has 8 nitrogen and oxygen atoms in total. The van der Waals surface area contributed by atoms with Gasteiger partial charge in [-0.2, -0.15) is 0 Å². The molecule has 3 heterocycles. The summed E-state index contributed by atoms with van der Waals surface area (Å²) in [4.78, 5) is 12.0. The third-order valence-electron chi connectivity index (χ3n) is 4.09. The SMILES string of the molecule is O=C(NCC1(O)CCOC1)c1cn(C2CCNCC2)nn1. The summed E-state index contributed by atoms with van der Waals surface area (Å²) < 4.78 is 6.91. The zero-order valence-corrected chi connectivity index (χ0v) is 11.9. The Balaban J connectivity index is 1.56. The number of hydrogen-bond acceptors (Lipinski definition) is 6. The topological polar surface area (TPSA) is 101 Å². The lowest BCUT2D eigenvalue weighted by molar-refractivity contribution is 0.0264. The van der Waals surface area contributed by atoms with Gasteiger partial charge in [0.25, 0.3) is 5.91 Å². The quantitative estimate of drug-likeness (QED) is 0.664. The van der Waals surface area contributed by atoms with E-state index in [1.807, 2.05) is 0 Å². The van der Waals surface area contributed by atoms with Crippen LogP contribution in [0, 0.1) is 0 Å². The smallest absolute Gasteiger partial charge is 0.273 e. The fourth-order valence-electron chi connectivity index (χ4n) is 2.70. The molecule has 0 aromatic carbocycles. The predicted octanol–water partition coefficient (Wildman–Crippen LogP) is -0.916. The number of hydrogen-bond donors (Lipinski definition) is 3. The summed E-state index contributed by atoms with van der Waals surface area (Å²) in [5, 5.41) is 24.1. The molecule has 116 valence electrons. The Morgan fingerprint density at radius 2 is 2.38 bits per heavy atom.